The third-order valence-corrected chi connectivity index (χ3v) is 1.76. The van der Waals surface area contributed by atoms with Crippen molar-refractivity contribution in [3.63, 3.8) is 0 Å². The van der Waals surface area contributed by atoms with Crippen LogP contribution in [0.4, 0.5) is 0 Å². The van der Waals surface area contributed by atoms with Crippen LogP contribution < -0.4 is 59.1 Å². The third kappa shape index (κ3) is 8.02. The van der Waals surface area contributed by atoms with Gasteiger partial charge < -0.3 is 12.7 Å². The van der Waals surface area contributed by atoms with E-state index >= 15 is 0 Å². The summed E-state index contributed by atoms with van der Waals surface area (Å²) in [4.78, 5) is 32.5. The molecule has 1 aromatic carbocycles. The van der Waals surface area contributed by atoms with Crippen LogP contribution in [0.3, 0.4) is 0 Å². The summed E-state index contributed by atoms with van der Waals surface area (Å²) in [5, 5.41) is 8.32. The van der Waals surface area contributed by atoms with Gasteiger partial charge in [-0.2, -0.15) is 0 Å². The van der Waals surface area contributed by atoms with Crippen LogP contribution in [0.25, 0.3) is 0 Å². The number of benzene rings is 1. The van der Waals surface area contributed by atoms with E-state index < -0.39 is 17.9 Å². The molecule has 0 amide bonds. The van der Waals surface area contributed by atoms with Gasteiger partial charge >= 0.3 is 77.0 Å². The average Bonchev–Trinajstić information content (AvgIpc) is 2.27. The third-order valence-electron chi connectivity index (χ3n) is 1.76. The Labute approximate surface area is 151 Å². The summed E-state index contributed by atoms with van der Waals surface area (Å²) in [5.74, 6) is -2.71. The molecule has 88 valence electrons. The predicted octanol–water partition coefficient (Wildman–Crippen LogP) is -4.53. The largest absolute Gasteiger partial charge is 1.00 e. The molecule has 0 aliphatic heterocycles. The van der Waals surface area contributed by atoms with Crippen LogP contribution in [0.2, 0.25) is 0 Å². The minimum Gasteiger partial charge on any atom is -1.00 e. The van der Waals surface area contributed by atoms with E-state index in [9.17, 15) is 14.4 Å². The van der Waals surface area contributed by atoms with Crippen molar-refractivity contribution in [2.75, 3.05) is 0 Å². The fourth-order valence-corrected chi connectivity index (χ4v) is 0.997. The summed E-state index contributed by atoms with van der Waals surface area (Å²) in [7, 11) is 0. The Bertz CT molecular complexity index is 415. The Balaban J connectivity index is -0.000000320. The van der Waals surface area contributed by atoms with Gasteiger partial charge in [-0.3, -0.25) is 9.59 Å². The van der Waals surface area contributed by atoms with Crippen molar-refractivity contribution < 1.29 is 86.2 Å². The number of carboxylic acids is 1. The fourth-order valence-electron chi connectivity index (χ4n) is 0.997. The van der Waals surface area contributed by atoms with Gasteiger partial charge in [-0.05, 0) is 12.1 Å². The van der Waals surface area contributed by atoms with E-state index in [1.807, 2.05) is 0 Å². The topological polar surface area (TPSA) is 80.7 Å². The van der Waals surface area contributed by atoms with Crippen molar-refractivity contribution in [1.29, 1.82) is 0 Å². The predicted molar refractivity (Wildman–Crippen MR) is 56.0 cm³/mol. The van der Waals surface area contributed by atoms with Crippen molar-refractivity contribution in [2.45, 2.75) is 12.8 Å². The van der Waals surface area contributed by atoms with Crippen molar-refractivity contribution in [3.8, 4) is 0 Å². The minimum absolute atomic E-state index is 0. The Morgan fingerprint density at radius 3 is 2.11 bits per heavy atom. The number of rotatable bonds is 4. The Morgan fingerprint density at radius 2 is 1.61 bits per heavy atom. The Hall–Kier alpha value is -0.170. The SMILES string of the molecule is O=C(O)CCC(=O)OC(=O)c1ccccc1.[H-].[H-].[Na+].[Na+]. The summed E-state index contributed by atoms with van der Waals surface area (Å²) < 4.78 is 4.45. The molecular weight excluding hydrogens is 258 g/mol. The first-order valence-corrected chi connectivity index (χ1v) is 4.61. The molecule has 1 rings (SSSR count). The first-order chi connectivity index (χ1) is 7.59. The molecule has 0 aliphatic carbocycles. The zero-order chi connectivity index (χ0) is 12.0. The van der Waals surface area contributed by atoms with Crippen molar-refractivity contribution in [3.05, 3.63) is 35.9 Å². The molecule has 0 aromatic heterocycles. The van der Waals surface area contributed by atoms with Gasteiger partial charge in [-0.25, -0.2) is 4.79 Å². The molecule has 0 saturated heterocycles. The Kier molecular flexibility index (Phi) is 12.0. The number of carboxylic acid groups (broad SMARTS) is 1. The molecular formula is C11H12Na2O5. The van der Waals surface area contributed by atoms with Crippen LogP contribution in [0, 0.1) is 0 Å². The molecule has 7 heteroatoms. The van der Waals surface area contributed by atoms with Crippen LogP contribution in [0.1, 0.15) is 26.1 Å². The minimum atomic E-state index is -1.11. The molecule has 0 bridgehead atoms. The number of hydrogen-bond donors (Lipinski definition) is 1. The monoisotopic (exact) mass is 270 g/mol. The van der Waals surface area contributed by atoms with Gasteiger partial charge in [0.05, 0.1) is 18.4 Å². The van der Waals surface area contributed by atoms with Gasteiger partial charge in [0.25, 0.3) is 0 Å². The summed E-state index contributed by atoms with van der Waals surface area (Å²) in [5.41, 5.74) is 0.256. The van der Waals surface area contributed by atoms with Gasteiger partial charge in [0.15, 0.2) is 0 Å². The van der Waals surface area contributed by atoms with Gasteiger partial charge in [0, 0.05) is 0 Å². The van der Waals surface area contributed by atoms with Gasteiger partial charge in [-0.15, -0.1) is 0 Å². The summed E-state index contributed by atoms with van der Waals surface area (Å²) >= 11 is 0. The smallest absolute Gasteiger partial charge is 1.00 e. The molecule has 0 spiro atoms. The van der Waals surface area contributed by atoms with E-state index in [1.165, 1.54) is 12.1 Å². The van der Waals surface area contributed by atoms with Crippen LogP contribution in [-0.4, -0.2) is 23.0 Å². The summed E-state index contributed by atoms with van der Waals surface area (Å²) in [6, 6.07) is 8.01. The van der Waals surface area contributed by atoms with Crippen LogP contribution in [0.15, 0.2) is 30.3 Å². The molecule has 5 nitrogen and oxygen atoms in total. The number of ether oxygens (including phenoxy) is 1. The maximum atomic E-state index is 11.3. The first kappa shape index (κ1) is 20.2. The van der Waals surface area contributed by atoms with E-state index in [2.05, 4.69) is 4.74 Å². The van der Waals surface area contributed by atoms with Crippen LogP contribution >= 0.6 is 0 Å². The second kappa shape index (κ2) is 10.7. The molecule has 0 unspecified atom stereocenters. The quantitative estimate of drug-likeness (QED) is 0.339. The standard InChI is InChI=1S/C11H10O5.2Na.2H/c12-9(13)6-7-10(14)16-11(15)8-4-2-1-3-5-8;;;;/h1-5H,6-7H2,(H,12,13);;;;/q;2*+1;2*-1. The number of carbonyl (C=O) groups is 3. The molecule has 18 heavy (non-hydrogen) atoms. The van der Waals surface area contributed by atoms with Gasteiger partial charge in [-0.1, -0.05) is 18.2 Å². The summed E-state index contributed by atoms with van der Waals surface area (Å²) in [6.07, 6.45) is -0.658. The zero-order valence-electron chi connectivity index (χ0n) is 12.4. The first-order valence-electron chi connectivity index (χ1n) is 4.61. The van der Waals surface area contributed by atoms with Gasteiger partial charge in [0.1, 0.15) is 0 Å². The van der Waals surface area contributed by atoms with Crippen molar-refractivity contribution >= 4 is 17.9 Å². The number of hydrogen-bond acceptors (Lipinski definition) is 4. The Morgan fingerprint density at radius 1 is 1.06 bits per heavy atom. The summed E-state index contributed by atoms with van der Waals surface area (Å²) in [6.45, 7) is 0. The number of carbonyl (C=O) groups excluding carboxylic acids is 2. The van der Waals surface area contributed by atoms with E-state index in [0.29, 0.717) is 0 Å². The second-order valence-corrected chi connectivity index (χ2v) is 3.02. The van der Waals surface area contributed by atoms with E-state index in [4.69, 9.17) is 5.11 Å². The fraction of sp³-hybridized carbons (Fsp3) is 0.182. The van der Waals surface area contributed by atoms with E-state index in [0.717, 1.165) is 0 Å². The number of aliphatic carboxylic acids is 1. The van der Waals surface area contributed by atoms with Crippen molar-refractivity contribution in [2.24, 2.45) is 0 Å². The molecule has 1 N–H and O–H groups in total. The molecule has 0 fully saturated rings. The maximum absolute atomic E-state index is 11.3. The average molecular weight is 270 g/mol. The second-order valence-electron chi connectivity index (χ2n) is 3.02. The van der Waals surface area contributed by atoms with Crippen LogP contribution in [-0.2, 0) is 14.3 Å². The zero-order valence-corrected chi connectivity index (χ0v) is 14.4. The maximum Gasteiger partial charge on any atom is 1.00 e. The molecule has 0 atom stereocenters. The van der Waals surface area contributed by atoms with E-state index in [1.54, 1.807) is 18.2 Å². The van der Waals surface area contributed by atoms with Crippen molar-refractivity contribution in [1.82, 2.24) is 0 Å². The molecule has 0 heterocycles. The van der Waals surface area contributed by atoms with Crippen LogP contribution in [0.5, 0.6) is 0 Å². The molecule has 0 saturated carbocycles. The van der Waals surface area contributed by atoms with E-state index in [-0.39, 0.29) is 80.4 Å². The van der Waals surface area contributed by atoms with Gasteiger partial charge in [0.2, 0.25) is 0 Å². The molecule has 0 aliphatic rings. The number of esters is 2. The molecule has 0 radical (unpaired) electrons. The molecule has 1 aromatic rings. The normalized spacial score (nSPS) is 8.44.